The Morgan fingerprint density at radius 1 is 0.569 bits per heavy atom. The van der Waals surface area contributed by atoms with E-state index < -0.39 is 13.1 Å². The van der Waals surface area contributed by atoms with Crippen LogP contribution in [0.3, 0.4) is 0 Å². The fourth-order valence-electron chi connectivity index (χ4n) is 5.52. The number of aliphatic carboxylic acids is 1. The summed E-state index contributed by atoms with van der Waals surface area (Å²) in [6, 6.07) is 45.2. The summed E-state index contributed by atoms with van der Waals surface area (Å²) in [5.41, 5.74) is 7.73. The minimum atomic E-state index is -1.46. The monoisotopic (exact) mass is 896 g/mol. The third-order valence-corrected chi connectivity index (χ3v) is 9.06. The summed E-state index contributed by atoms with van der Waals surface area (Å²) in [6.45, 7) is 3.03. The lowest BCUT2D eigenvalue weighted by atomic mass is 9.80. The van der Waals surface area contributed by atoms with E-state index in [1.807, 2.05) is 122 Å². The molecule has 0 saturated heterocycles. The number of halogens is 1. The first-order valence-corrected chi connectivity index (χ1v) is 19.5. The predicted molar refractivity (Wildman–Crippen MR) is 232 cm³/mol. The van der Waals surface area contributed by atoms with Gasteiger partial charge in [-0.3, -0.25) is 9.59 Å². The van der Waals surface area contributed by atoms with E-state index in [2.05, 4.69) is 22.6 Å². The Morgan fingerprint density at radius 3 is 1.59 bits per heavy atom. The molecule has 0 aromatic heterocycles. The Bertz CT molecular complexity index is 2180. The van der Waals surface area contributed by atoms with Crippen LogP contribution in [0.4, 0.5) is 0 Å². The van der Waals surface area contributed by atoms with E-state index in [0.717, 1.165) is 50.4 Å². The minimum absolute atomic E-state index is 0.00937. The highest BCUT2D eigenvalue weighted by Gasteiger charge is 2.10. The molecule has 6 aromatic carbocycles. The molecular formula is C46H46BIO10. The lowest BCUT2D eigenvalue weighted by Gasteiger charge is -2.09. The fourth-order valence-corrected chi connectivity index (χ4v) is 5.88. The van der Waals surface area contributed by atoms with Gasteiger partial charge in [0.2, 0.25) is 0 Å². The van der Waals surface area contributed by atoms with Gasteiger partial charge in [0.25, 0.3) is 0 Å². The van der Waals surface area contributed by atoms with Crippen LogP contribution in [0.25, 0.3) is 11.1 Å². The van der Waals surface area contributed by atoms with Crippen LogP contribution < -0.4 is 14.9 Å². The second-order valence-electron chi connectivity index (χ2n) is 12.9. The number of carbonyl (C=O) groups is 2. The summed E-state index contributed by atoms with van der Waals surface area (Å²) >= 11 is 2.26. The lowest BCUT2D eigenvalue weighted by Crippen LogP contribution is -2.29. The molecule has 0 unspecified atom stereocenters. The van der Waals surface area contributed by atoms with Crippen molar-refractivity contribution in [2.75, 3.05) is 6.61 Å². The molecule has 300 valence electrons. The van der Waals surface area contributed by atoms with E-state index in [-0.39, 0.29) is 25.6 Å². The van der Waals surface area contributed by atoms with Crippen molar-refractivity contribution in [1.29, 1.82) is 0 Å². The maximum absolute atomic E-state index is 11.5. The zero-order valence-electron chi connectivity index (χ0n) is 32.0. The maximum Gasteiger partial charge on any atom is 0.488 e. The van der Waals surface area contributed by atoms with Crippen LogP contribution in [-0.2, 0) is 53.6 Å². The average molecular weight is 897 g/mol. The van der Waals surface area contributed by atoms with Crippen LogP contribution in [-0.4, -0.2) is 51.0 Å². The van der Waals surface area contributed by atoms with E-state index in [9.17, 15) is 14.7 Å². The maximum atomic E-state index is 11.5. The highest BCUT2D eigenvalue weighted by Crippen LogP contribution is 2.24. The van der Waals surface area contributed by atoms with Gasteiger partial charge in [-0.15, -0.1) is 0 Å². The van der Waals surface area contributed by atoms with Gasteiger partial charge in [0, 0.05) is 3.57 Å². The molecule has 0 bridgehead atoms. The zero-order chi connectivity index (χ0) is 41.7. The number of hydrogen-bond acceptors (Lipinski definition) is 9. The molecule has 5 N–H and O–H groups in total. The van der Waals surface area contributed by atoms with Gasteiger partial charge in [-0.2, -0.15) is 0 Å². The summed E-state index contributed by atoms with van der Waals surface area (Å²) in [5.74, 6) is 0.541. The number of hydrogen-bond donors (Lipinski definition) is 5. The normalized spacial score (nSPS) is 10.2. The van der Waals surface area contributed by atoms with Crippen LogP contribution in [0.1, 0.15) is 40.3 Å². The van der Waals surface area contributed by atoms with E-state index in [0.29, 0.717) is 37.3 Å². The number of carboxylic acids is 1. The molecule has 12 heteroatoms. The molecule has 6 rings (SSSR count). The van der Waals surface area contributed by atoms with Gasteiger partial charge in [0.1, 0.15) is 24.7 Å². The van der Waals surface area contributed by atoms with Crippen molar-refractivity contribution in [3.05, 3.63) is 183 Å². The molecule has 0 spiro atoms. The number of carbonyl (C=O) groups excluding carboxylic acids is 1. The van der Waals surface area contributed by atoms with Crippen LogP contribution in [0.15, 0.2) is 146 Å². The first kappa shape index (κ1) is 45.2. The van der Waals surface area contributed by atoms with Gasteiger partial charge in [0.05, 0.1) is 32.7 Å². The standard InChI is InChI=1S/C22H20O4.C17H17IO3.C7H9BO3/c23-14-17-4-2-6-20(12-17)19-7-9-21(10-8-19)26-15-18-5-1-3-16(11-18)13-22(24)25;1-2-20-17(19)11-13-4-3-5-14(10-13)12-21-16-8-6-15(18)7-9-16;9-5-6-2-1-3-7(4-6)8(10)11/h1-12,23H,13-15H2,(H,24,25);3-10H,2,11-12H2,1H3;1-4,9-11H,5H2. The Labute approximate surface area is 352 Å². The van der Waals surface area contributed by atoms with Crippen LogP contribution >= 0.6 is 22.6 Å². The SMILES string of the molecule is CCOC(=O)Cc1cccc(COc2ccc(I)cc2)c1.O=C(O)Cc1cccc(COc2ccc(-c3cccc(CO)c3)cc2)c1.OCc1cccc(B(O)O)c1. The molecule has 0 heterocycles. The van der Waals surface area contributed by atoms with Gasteiger partial charge in [-0.25, -0.2) is 0 Å². The van der Waals surface area contributed by atoms with Crippen LogP contribution in [0.5, 0.6) is 11.5 Å². The summed E-state index contributed by atoms with van der Waals surface area (Å²) in [6.07, 6.45) is 0.306. The quantitative estimate of drug-likeness (QED) is 0.0417. The molecule has 6 aromatic rings. The summed E-state index contributed by atoms with van der Waals surface area (Å²) < 4.78 is 17.7. The first-order chi connectivity index (χ1) is 28.0. The Hall–Kier alpha value is -5.51. The second kappa shape index (κ2) is 24.3. The smallest absolute Gasteiger partial charge is 0.488 e. The summed E-state index contributed by atoms with van der Waals surface area (Å²) in [4.78, 5) is 22.3. The van der Waals surface area contributed by atoms with Crippen molar-refractivity contribution in [1.82, 2.24) is 0 Å². The molecule has 58 heavy (non-hydrogen) atoms. The number of rotatable bonds is 15. The first-order valence-electron chi connectivity index (χ1n) is 18.5. The number of esters is 1. The molecule has 0 fully saturated rings. The molecule has 0 amide bonds. The predicted octanol–water partition coefficient (Wildman–Crippen LogP) is 6.89. The summed E-state index contributed by atoms with van der Waals surface area (Å²) in [7, 11) is -1.46. The van der Waals surface area contributed by atoms with E-state index in [1.54, 1.807) is 30.3 Å². The number of carboxylic acid groups (broad SMARTS) is 1. The largest absolute Gasteiger partial charge is 0.489 e. The summed E-state index contributed by atoms with van der Waals surface area (Å²) in [5, 5.41) is 44.2. The number of benzene rings is 6. The van der Waals surface area contributed by atoms with Gasteiger partial charge < -0.3 is 39.6 Å². The van der Waals surface area contributed by atoms with Gasteiger partial charge in [-0.05, 0) is 122 Å². The molecule has 0 radical (unpaired) electrons. The molecule has 0 aliphatic heterocycles. The van der Waals surface area contributed by atoms with Crippen molar-refractivity contribution < 1.29 is 49.2 Å². The third kappa shape index (κ3) is 16.2. The molecule has 0 saturated carbocycles. The van der Waals surface area contributed by atoms with Crippen LogP contribution in [0.2, 0.25) is 0 Å². The topological polar surface area (TPSA) is 163 Å². The molecule has 10 nitrogen and oxygen atoms in total. The molecule has 0 atom stereocenters. The van der Waals surface area contributed by atoms with E-state index in [1.165, 1.54) is 3.57 Å². The third-order valence-electron chi connectivity index (χ3n) is 8.35. The van der Waals surface area contributed by atoms with Crippen molar-refractivity contribution in [2.24, 2.45) is 0 Å². The van der Waals surface area contributed by atoms with Crippen molar-refractivity contribution >= 4 is 47.1 Å². The number of aliphatic hydroxyl groups excluding tert-OH is 2. The van der Waals surface area contributed by atoms with Gasteiger partial charge in [0.15, 0.2) is 0 Å². The minimum Gasteiger partial charge on any atom is -0.489 e. The Morgan fingerprint density at radius 2 is 1.05 bits per heavy atom. The van der Waals surface area contributed by atoms with Crippen molar-refractivity contribution in [2.45, 2.75) is 46.2 Å². The molecule has 0 aliphatic carbocycles. The Kier molecular flexibility index (Phi) is 18.9. The number of ether oxygens (including phenoxy) is 3. The average Bonchev–Trinajstić information content (AvgIpc) is 3.23. The highest BCUT2D eigenvalue weighted by atomic mass is 127. The number of aliphatic hydroxyl groups is 2. The molecule has 0 aliphatic rings. The van der Waals surface area contributed by atoms with Crippen LogP contribution in [0, 0.1) is 3.57 Å². The van der Waals surface area contributed by atoms with Gasteiger partial charge >= 0.3 is 19.1 Å². The fraction of sp³-hybridized carbons (Fsp3) is 0.174. The highest BCUT2D eigenvalue weighted by molar-refractivity contribution is 14.1. The molecular weight excluding hydrogens is 850 g/mol. The second-order valence-corrected chi connectivity index (χ2v) is 14.1. The van der Waals surface area contributed by atoms with Gasteiger partial charge in [-0.1, -0.05) is 103 Å². The Balaban J connectivity index is 0.000000208. The van der Waals surface area contributed by atoms with E-state index >= 15 is 0 Å². The van der Waals surface area contributed by atoms with Crippen molar-refractivity contribution in [3.8, 4) is 22.6 Å². The van der Waals surface area contributed by atoms with Crippen molar-refractivity contribution in [3.63, 3.8) is 0 Å². The lowest BCUT2D eigenvalue weighted by molar-refractivity contribution is -0.142. The zero-order valence-corrected chi connectivity index (χ0v) is 34.2. The van der Waals surface area contributed by atoms with E-state index in [4.69, 9.17) is 34.5 Å².